The Morgan fingerprint density at radius 3 is 2.52 bits per heavy atom. The van der Waals surface area contributed by atoms with Crippen molar-refractivity contribution in [2.24, 2.45) is 11.8 Å². The zero-order valence-corrected chi connectivity index (χ0v) is 16.8. The van der Waals surface area contributed by atoms with E-state index in [1.807, 2.05) is 6.07 Å². The molecule has 1 N–H and O–H groups in total. The van der Waals surface area contributed by atoms with E-state index in [1.165, 1.54) is 18.3 Å². The van der Waals surface area contributed by atoms with Crippen molar-refractivity contribution in [1.29, 1.82) is 5.26 Å². The molecule has 2 aromatic rings. The summed E-state index contributed by atoms with van der Waals surface area (Å²) in [6.45, 7) is 0.993. The number of hydrogen-bond acceptors (Lipinski definition) is 6. The van der Waals surface area contributed by atoms with Gasteiger partial charge in [-0.15, -0.1) is 5.10 Å². The van der Waals surface area contributed by atoms with E-state index in [4.69, 9.17) is 11.6 Å². The average molecular weight is 433 g/mol. The lowest BCUT2D eigenvalue weighted by atomic mass is 9.82. The number of H-pyrrole nitrogens is 1. The van der Waals surface area contributed by atoms with Crippen LogP contribution in [0.3, 0.4) is 0 Å². The van der Waals surface area contributed by atoms with Crippen molar-refractivity contribution in [2.75, 3.05) is 13.1 Å². The molecular formula is C18H17ClN6O3S. The van der Waals surface area contributed by atoms with E-state index in [0.717, 1.165) is 12.8 Å². The van der Waals surface area contributed by atoms with Gasteiger partial charge in [-0.1, -0.05) is 22.9 Å². The average Bonchev–Trinajstić information content (AvgIpc) is 3.48. The van der Waals surface area contributed by atoms with Crippen molar-refractivity contribution in [3.05, 3.63) is 40.7 Å². The Morgan fingerprint density at radius 1 is 1.24 bits per heavy atom. The number of nitrogens with one attached hydrogen (secondary N) is 1. The van der Waals surface area contributed by atoms with Gasteiger partial charge in [0.05, 0.1) is 16.8 Å². The summed E-state index contributed by atoms with van der Waals surface area (Å²) in [5.41, 5.74) is 0.313. The van der Waals surface area contributed by atoms with E-state index >= 15 is 0 Å². The van der Waals surface area contributed by atoms with Crippen molar-refractivity contribution in [2.45, 2.75) is 29.8 Å². The summed E-state index contributed by atoms with van der Waals surface area (Å²) in [7, 11) is -3.87. The molecule has 0 saturated carbocycles. The van der Waals surface area contributed by atoms with E-state index in [9.17, 15) is 18.5 Å². The van der Waals surface area contributed by atoms with E-state index in [-0.39, 0.29) is 45.3 Å². The minimum Gasteiger partial charge on any atom is -0.337 e. The first-order chi connectivity index (χ1) is 13.9. The van der Waals surface area contributed by atoms with Crippen LogP contribution in [0.15, 0.2) is 29.3 Å². The number of fused-ring (bicyclic) bond motifs is 5. The van der Waals surface area contributed by atoms with E-state index in [2.05, 4.69) is 15.4 Å². The van der Waals surface area contributed by atoms with Crippen molar-refractivity contribution in [3.8, 4) is 6.07 Å². The molecule has 9 nitrogen and oxygen atoms in total. The van der Waals surface area contributed by atoms with Crippen LogP contribution in [0.2, 0.25) is 5.02 Å². The van der Waals surface area contributed by atoms with Gasteiger partial charge in [0.25, 0.3) is 5.91 Å². The highest BCUT2D eigenvalue weighted by molar-refractivity contribution is 7.89. The number of nitrogens with zero attached hydrogens (tertiary/aromatic N) is 5. The molecule has 150 valence electrons. The van der Waals surface area contributed by atoms with Gasteiger partial charge in [-0.05, 0) is 36.8 Å². The molecular weight excluding hydrogens is 416 g/mol. The van der Waals surface area contributed by atoms with Crippen LogP contribution in [0.25, 0.3) is 0 Å². The molecule has 3 aliphatic rings. The van der Waals surface area contributed by atoms with Crippen molar-refractivity contribution in [3.63, 3.8) is 0 Å². The van der Waals surface area contributed by atoms with Crippen LogP contribution < -0.4 is 0 Å². The number of benzene rings is 1. The van der Waals surface area contributed by atoms with Gasteiger partial charge < -0.3 is 4.90 Å². The number of hydrogen-bond donors (Lipinski definition) is 1. The Kier molecular flexibility index (Phi) is 4.17. The summed E-state index contributed by atoms with van der Waals surface area (Å²) in [5, 5.41) is 19.4. The molecule has 3 aliphatic heterocycles. The van der Waals surface area contributed by atoms with Crippen molar-refractivity contribution < 1.29 is 13.2 Å². The number of aromatic amines is 1. The molecule has 0 spiro atoms. The molecule has 1 aromatic carbocycles. The van der Waals surface area contributed by atoms with Gasteiger partial charge in [-0.25, -0.2) is 8.42 Å². The smallest absolute Gasteiger partial charge is 0.273 e. The van der Waals surface area contributed by atoms with E-state index in [1.54, 1.807) is 15.3 Å². The fourth-order valence-corrected chi connectivity index (χ4v) is 7.65. The molecule has 0 aliphatic carbocycles. The third-order valence-corrected chi connectivity index (χ3v) is 8.70. The third kappa shape index (κ3) is 2.61. The molecule has 4 atom stereocenters. The Morgan fingerprint density at radius 2 is 1.93 bits per heavy atom. The molecule has 1 aromatic heterocycles. The first-order valence-corrected chi connectivity index (χ1v) is 11.1. The fraction of sp³-hybridized carbons (Fsp3) is 0.444. The van der Waals surface area contributed by atoms with Crippen LogP contribution >= 0.6 is 11.6 Å². The number of amides is 1. The van der Waals surface area contributed by atoms with Crippen molar-refractivity contribution >= 4 is 27.5 Å². The van der Waals surface area contributed by atoms with Crippen LogP contribution in [0.5, 0.6) is 0 Å². The monoisotopic (exact) mass is 432 g/mol. The standard InChI is InChI=1S/C18H17ClN6O3S/c19-13-2-1-3-17(10(13)6-20)29(27,28)25-15-4-5-16(25)12-9-24(8-11(12)15)18(26)14-7-21-23-22-14/h1-3,7,11-12,15-16H,4-5,8-9H2,(H,21,22,23)/t11-,12+,15+,16-. The normalized spacial score (nSPS) is 28.5. The summed E-state index contributed by atoms with van der Waals surface area (Å²) in [6, 6.07) is 6.06. The van der Waals surface area contributed by atoms with Gasteiger partial charge in [-0.3, -0.25) is 9.89 Å². The Bertz CT molecular complexity index is 1110. The first-order valence-electron chi connectivity index (χ1n) is 9.31. The summed E-state index contributed by atoms with van der Waals surface area (Å²) in [6.07, 6.45) is 2.90. The lowest BCUT2D eigenvalue weighted by Gasteiger charge is -2.26. The van der Waals surface area contributed by atoms with Crippen LogP contribution in [-0.4, -0.2) is 64.1 Å². The maximum Gasteiger partial charge on any atom is 0.273 e. The molecule has 4 heterocycles. The number of likely N-dealkylation sites (tertiary alicyclic amines) is 1. The largest absolute Gasteiger partial charge is 0.337 e. The lowest BCUT2D eigenvalue weighted by molar-refractivity contribution is 0.0767. The summed E-state index contributed by atoms with van der Waals surface area (Å²) >= 11 is 6.07. The highest BCUT2D eigenvalue weighted by Gasteiger charge is 2.61. The zero-order chi connectivity index (χ0) is 20.3. The first kappa shape index (κ1) is 18.5. The fourth-order valence-electron chi connectivity index (χ4n) is 5.25. The lowest BCUT2D eigenvalue weighted by Crippen LogP contribution is -2.41. The maximum absolute atomic E-state index is 13.5. The second kappa shape index (κ2) is 6.52. The molecule has 5 rings (SSSR count). The van der Waals surface area contributed by atoms with Crippen LogP contribution in [0, 0.1) is 23.2 Å². The van der Waals surface area contributed by atoms with Gasteiger partial charge in [0.1, 0.15) is 16.7 Å². The number of aromatic nitrogens is 3. The maximum atomic E-state index is 13.5. The summed E-state index contributed by atoms with van der Waals surface area (Å²) in [5.74, 6) is -0.0130. The second-order valence-electron chi connectivity index (χ2n) is 7.68. The summed E-state index contributed by atoms with van der Waals surface area (Å²) < 4.78 is 28.5. The highest BCUT2D eigenvalue weighted by Crippen LogP contribution is 2.52. The Balaban J connectivity index is 1.44. The molecule has 2 bridgehead atoms. The minimum absolute atomic E-state index is 0.0193. The molecule has 1 amide bonds. The van der Waals surface area contributed by atoms with Gasteiger partial charge >= 0.3 is 0 Å². The molecule has 3 saturated heterocycles. The second-order valence-corrected chi connectivity index (χ2v) is 9.90. The van der Waals surface area contributed by atoms with Gasteiger partial charge in [-0.2, -0.15) is 9.57 Å². The number of nitriles is 1. The predicted molar refractivity (Wildman–Crippen MR) is 101 cm³/mol. The number of halogens is 1. The van der Waals surface area contributed by atoms with Crippen LogP contribution in [0.1, 0.15) is 28.9 Å². The molecule has 11 heteroatoms. The van der Waals surface area contributed by atoms with Crippen molar-refractivity contribution in [1.82, 2.24) is 24.6 Å². The van der Waals surface area contributed by atoms with Gasteiger partial charge in [0.15, 0.2) is 0 Å². The Hall–Kier alpha value is -2.48. The van der Waals surface area contributed by atoms with E-state index < -0.39 is 10.0 Å². The van der Waals surface area contributed by atoms with Gasteiger partial charge in [0, 0.05) is 25.2 Å². The zero-order valence-electron chi connectivity index (χ0n) is 15.2. The van der Waals surface area contributed by atoms with Crippen LogP contribution in [-0.2, 0) is 10.0 Å². The molecule has 0 radical (unpaired) electrons. The number of rotatable bonds is 3. The number of carbonyl (C=O) groups excluding carboxylic acids is 1. The number of carbonyl (C=O) groups is 1. The Labute approximate surface area is 172 Å². The van der Waals surface area contributed by atoms with E-state index in [0.29, 0.717) is 18.8 Å². The molecule has 29 heavy (non-hydrogen) atoms. The SMILES string of the molecule is N#Cc1c(Cl)cccc1S(=O)(=O)N1[C@@H]2CC[C@H]1[C@@H]1CN(C(=O)c3cnn[nH]3)C[C@@H]12. The summed E-state index contributed by atoms with van der Waals surface area (Å²) in [4.78, 5) is 14.3. The quantitative estimate of drug-likeness (QED) is 0.778. The number of sulfonamides is 1. The minimum atomic E-state index is -3.87. The topological polar surface area (TPSA) is 123 Å². The molecule has 0 unspecified atom stereocenters. The van der Waals surface area contributed by atoms with Gasteiger partial charge in [0.2, 0.25) is 10.0 Å². The predicted octanol–water partition coefficient (Wildman–Crippen LogP) is 1.25. The van der Waals surface area contributed by atoms with Crippen LogP contribution in [0.4, 0.5) is 0 Å². The highest BCUT2D eigenvalue weighted by atomic mass is 35.5. The third-order valence-electron chi connectivity index (χ3n) is 6.39. The molecule has 3 fully saturated rings.